The van der Waals surface area contributed by atoms with Gasteiger partial charge in [0.2, 0.25) is 5.91 Å². The van der Waals surface area contributed by atoms with Crippen molar-refractivity contribution in [2.75, 3.05) is 6.54 Å². The molecule has 0 spiro atoms. The topological polar surface area (TPSA) is 46.2 Å². The molecule has 0 atom stereocenters. The van der Waals surface area contributed by atoms with Crippen LogP contribution in [-0.2, 0) is 9.59 Å². The van der Waals surface area contributed by atoms with Crippen LogP contribution in [0.2, 0.25) is 0 Å². The van der Waals surface area contributed by atoms with Crippen molar-refractivity contribution in [3.05, 3.63) is 10.6 Å². The summed E-state index contributed by atoms with van der Waals surface area (Å²) in [5, 5.41) is 2.37. The lowest BCUT2D eigenvalue weighted by Gasteiger charge is -2.05. The van der Waals surface area contributed by atoms with Crippen molar-refractivity contribution in [1.29, 1.82) is 0 Å². The number of amides is 1. The standard InChI is InChI=1S/C5H4BrNO2/c6-3-1-5(9)7-2-4(3)8/h1H,2H2,(H,7,9). The Morgan fingerprint density at radius 3 is 2.67 bits per heavy atom. The summed E-state index contributed by atoms with van der Waals surface area (Å²) in [6.07, 6.45) is 1.23. The van der Waals surface area contributed by atoms with Crippen LogP contribution < -0.4 is 5.32 Å². The highest BCUT2D eigenvalue weighted by atomic mass is 79.9. The van der Waals surface area contributed by atoms with Crippen molar-refractivity contribution in [1.82, 2.24) is 5.32 Å². The largest absolute Gasteiger partial charge is 0.345 e. The lowest BCUT2D eigenvalue weighted by atomic mass is 10.3. The Balaban J connectivity index is 2.84. The van der Waals surface area contributed by atoms with E-state index in [9.17, 15) is 9.59 Å². The highest BCUT2D eigenvalue weighted by Gasteiger charge is 2.13. The van der Waals surface area contributed by atoms with Gasteiger partial charge in [-0.25, -0.2) is 0 Å². The first-order chi connectivity index (χ1) is 4.20. The number of hydrogen-bond donors (Lipinski definition) is 1. The number of ketones is 1. The first-order valence-electron chi connectivity index (χ1n) is 2.38. The zero-order valence-electron chi connectivity index (χ0n) is 4.48. The molecule has 1 rings (SSSR count). The molecule has 0 bridgehead atoms. The van der Waals surface area contributed by atoms with Crippen molar-refractivity contribution in [2.45, 2.75) is 0 Å². The monoisotopic (exact) mass is 189 g/mol. The number of carbonyl (C=O) groups is 2. The normalized spacial score (nSPS) is 19.0. The molecule has 0 aromatic rings. The van der Waals surface area contributed by atoms with E-state index in [1.807, 2.05) is 0 Å². The quantitative estimate of drug-likeness (QED) is 0.582. The molecule has 1 aliphatic rings. The number of carbonyl (C=O) groups excluding carboxylic acids is 2. The number of hydrogen-bond acceptors (Lipinski definition) is 2. The predicted molar refractivity (Wildman–Crippen MR) is 35.0 cm³/mol. The number of halogens is 1. The van der Waals surface area contributed by atoms with Crippen LogP contribution >= 0.6 is 15.9 Å². The Kier molecular flexibility index (Phi) is 1.66. The van der Waals surface area contributed by atoms with Crippen molar-refractivity contribution >= 4 is 27.6 Å². The fraction of sp³-hybridized carbons (Fsp3) is 0.200. The Morgan fingerprint density at radius 1 is 1.56 bits per heavy atom. The maximum absolute atomic E-state index is 10.6. The van der Waals surface area contributed by atoms with E-state index in [1.54, 1.807) is 0 Å². The van der Waals surface area contributed by atoms with Gasteiger partial charge in [-0.2, -0.15) is 0 Å². The molecule has 0 radical (unpaired) electrons. The summed E-state index contributed by atoms with van der Waals surface area (Å²) < 4.78 is 0.353. The van der Waals surface area contributed by atoms with Gasteiger partial charge in [0.15, 0.2) is 5.78 Å². The summed E-state index contributed by atoms with van der Waals surface area (Å²) in [4.78, 5) is 21.1. The fourth-order valence-electron chi connectivity index (χ4n) is 0.498. The van der Waals surface area contributed by atoms with Crippen LogP contribution in [-0.4, -0.2) is 18.2 Å². The van der Waals surface area contributed by atoms with Gasteiger partial charge in [0.05, 0.1) is 11.0 Å². The molecule has 3 nitrogen and oxygen atoms in total. The molecule has 0 unspecified atom stereocenters. The van der Waals surface area contributed by atoms with Gasteiger partial charge < -0.3 is 5.32 Å². The van der Waals surface area contributed by atoms with Crippen LogP contribution in [0.3, 0.4) is 0 Å². The fourth-order valence-corrected chi connectivity index (χ4v) is 0.847. The highest BCUT2D eigenvalue weighted by Crippen LogP contribution is 2.07. The van der Waals surface area contributed by atoms with Gasteiger partial charge in [0.25, 0.3) is 0 Å². The molecule has 9 heavy (non-hydrogen) atoms. The van der Waals surface area contributed by atoms with Gasteiger partial charge in [-0.05, 0) is 15.9 Å². The van der Waals surface area contributed by atoms with Crippen molar-refractivity contribution in [2.24, 2.45) is 0 Å². The zero-order chi connectivity index (χ0) is 6.85. The number of nitrogens with one attached hydrogen (secondary N) is 1. The summed E-state index contributed by atoms with van der Waals surface area (Å²) in [5.74, 6) is -0.309. The molecular weight excluding hydrogens is 186 g/mol. The average Bonchev–Trinajstić information content (AvgIpc) is 1.80. The maximum atomic E-state index is 10.6. The van der Waals surface area contributed by atoms with Crippen LogP contribution in [0.15, 0.2) is 10.6 Å². The Bertz CT molecular complexity index is 197. The van der Waals surface area contributed by atoms with Gasteiger partial charge in [0, 0.05) is 6.08 Å². The van der Waals surface area contributed by atoms with E-state index in [4.69, 9.17) is 0 Å². The summed E-state index contributed by atoms with van der Waals surface area (Å²) in [6.45, 7) is 0.107. The van der Waals surface area contributed by atoms with Crippen molar-refractivity contribution in [3.8, 4) is 0 Å². The Morgan fingerprint density at radius 2 is 2.22 bits per heavy atom. The summed E-state index contributed by atoms with van der Waals surface area (Å²) in [5.41, 5.74) is 0. The second kappa shape index (κ2) is 2.31. The van der Waals surface area contributed by atoms with Gasteiger partial charge in [0.1, 0.15) is 0 Å². The minimum absolute atomic E-state index is 0.0883. The molecule has 1 amide bonds. The first-order valence-corrected chi connectivity index (χ1v) is 3.17. The summed E-state index contributed by atoms with van der Waals surface area (Å²) in [6, 6.07) is 0. The second-order valence-electron chi connectivity index (χ2n) is 1.63. The number of Topliss-reactive ketones (excluding diaryl/α,β-unsaturated/α-hetero) is 1. The first kappa shape index (κ1) is 6.48. The molecule has 1 heterocycles. The smallest absolute Gasteiger partial charge is 0.245 e. The lowest BCUT2D eigenvalue weighted by Crippen LogP contribution is -2.32. The van der Waals surface area contributed by atoms with E-state index in [2.05, 4.69) is 21.2 Å². The van der Waals surface area contributed by atoms with Gasteiger partial charge in [-0.15, -0.1) is 0 Å². The van der Waals surface area contributed by atoms with Gasteiger partial charge in [-0.3, -0.25) is 9.59 Å². The van der Waals surface area contributed by atoms with E-state index in [0.29, 0.717) is 4.48 Å². The minimum atomic E-state index is -0.221. The molecule has 0 saturated heterocycles. The molecule has 48 valence electrons. The molecule has 4 heteroatoms. The predicted octanol–water partition coefficient (Wildman–Crippen LogP) is -0.0359. The molecule has 0 fully saturated rings. The third-order valence-corrected chi connectivity index (χ3v) is 1.62. The van der Waals surface area contributed by atoms with Crippen LogP contribution in [0.25, 0.3) is 0 Å². The molecule has 0 aliphatic carbocycles. The van der Waals surface area contributed by atoms with E-state index in [-0.39, 0.29) is 18.2 Å². The van der Waals surface area contributed by atoms with E-state index in [1.165, 1.54) is 6.08 Å². The van der Waals surface area contributed by atoms with E-state index in [0.717, 1.165) is 0 Å². The van der Waals surface area contributed by atoms with Crippen molar-refractivity contribution in [3.63, 3.8) is 0 Å². The third-order valence-electron chi connectivity index (χ3n) is 0.947. The third kappa shape index (κ3) is 1.38. The van der Waals surface area contributed by atoms with Crippen molar-refractivity contribution < 1.29 is 9.59 Å². The summed E-state index contributed by atoms with van der Waals surface area (Å²) >= 11 is 2.94. The molecule has 0 aromatic carbocycles. The van der Waals surface area contributed by atoms with Crippen LogP contribution in [0, 0.1) is 0 Å². The number of rotatable bonds is 0. The van der Waals surface area contributed by atoms with Gasteiger partial charge >= 0.3 is 0 Å². The second-order valence-corrected chi connectivity index (χ2v) is 2.49. The Hall–Kier alpha value is -0.640. The molecule has 1 N–H and O–H groups in total. The van der Waals surface area contributed by atoms with Gasteiger partial charge in [-0.1, -0.05) is 0 Å². The van der Waals surface area contributed by atoms with Crippen LogP contribution in [0.1, 0.15) is 0 Å². The maximum Gasteiger partial charge on any atom is 0.245 e. The van der Waals surface area contributed by atoms with E-state index < -0.39 is 0 Å². The molecule has 0 saturated carbocycles. The minimum Gasteiger partial charge on any atom is -0.345 e. The highest BCUT2D eigenvalue weighted by molar-refractivity contribution is 9.12. The Labute approximate surface area is 60.2 Å². The SMILES string of the molecule is O=C1C=C(Br)C(=O)CN1. The molecule has 0 aromatic heterocycles. The lowest BCUT2D eigenvalue weighted by molar-refractivity contribution is -0.122. The van der Waals surface area contributed by atoms with E-state index >= 15 is 0 Å². The summed E-state index contributed by atoms with van der Waals surface area (Å²) in [7, 11) is 0. The van der Waals surface area contributed by atoms with Crippen LogP contribution in [0.4, 0.5) is 0 Å². The molecular formula is C5H4BrNO2. The van der Waals surface area contributed by atoms with Crippen LogP contribution in [0.5, 0.6) is 0 Å². The average molecular weight is 190 g/mol. The molecule has 1 aliphatic heterocycles. The zero-order valence-corrected chi connectivity index (χ0v) is 6.06.